The van der Waals surface area contributed by atoms with Crippen molar-refractivity contribution in [2.24, 2.45) is 0 Å². The molecule has 156 valence electrons. The van der Waals surface area contributed by atoms with Crippen molar-refractivity contribution in [3.63, 3.8) is 0 Å². The molecule has 0 spiro atoms. The van der Waals surface area contributed by atoms with Crippen LogP contribution in [0.5, 0.6) is 0 Å². The molecule has 0 saturated carbocycles. The molecule has 1 aliphatic rings. The number of fused-ring (bicyclic) bond motifs is 1. The Kier molecular flexibility index (Phi) is 5.05. The average Bonchev–Trinajstić information content (AvgIpc) is 3.22. The van der Waals surface area contributed by atoms with Crippen LogP contribution < -0.4 is 4.90 Å². The van der Waals surface area contributed by atoms with Crippen molar-refractivity contribution < 1.29 is 4.92 Å². The maximum Gasteiger partial charge on any atom is 0.295 e. The molecule has 0 atom stereocenters. The molecule has 5 rings (SSSR count). The molecule has 4 heterocycles. The van der Waals surface area contributed by atoms with Gasteiger partial charge in [0.15, 0.2) is 5.69 Å². The molecule has 8 nitrogen and oxygen atoms in total. The first kappa shape index (κ1) is 19.2. The molecule has 0 unspecified atom stereocenters. The lowest BCUT2D eigenvalue weighted by atomic mass is 10.1. The summed E-state index contributed by atoms with van der Waals surface area (Å²) in [5.41, 5.74) is 3.20. The summed E-state index contributed by atoms with van der Waals surface area (Å²) in [6.45, 7) is 4.19. The Morgan fingerprint density at radius 2 is 1.68 bits per heavy atom. The lowest BCUT2D eigenvalue weighted by molar-refractivity contribution is -0.384. The molecule has 4 aromatic rings. The van der Waals surface area contributed by atoms with Gasteiger partial charge in [-0.3, -0.25) is 15.0 Å². The Morgan fingerprint density at radius 3 is 2.42 bits per heavy atom. The van der Waals surface area contributed by atoms with Crippen molar-refractivity contribution in [1.29, 1.82) is 0 Å². The van der Waals surface area contributed by atoms with Gasteiger partial charge < -0.3 is 9.30 Å². The molecule has 8 heteroatoms. The van der Waals surface area contributed by atoms with Crippen molar-refractivity contribution in [3.8, 4) is 11.3 Å². The van der Waals surface area contributed by atoms with Crippen LogP contribution in [-0.4, -0.2) is 50.4 Å². The Labute approximate surface area is 179 Å². The highest BCUT2D eigenvalue weighted by molar-refractivity contribution is 5.71. The lowest BCUT2D eigenvalue weighted by Crippen LogP contribution is -2.46. The van der Waals surface area contributed by atoms with Crippen LogP contribution in [0, 0.1) is 10.1 Å². The minimum absolute atomic E-state index is 0.0282. The van der Waals surface area contributed by atoms with E-state index in [-0.39, 0.29) is 10.6 Å². The second kappa shape index (κ2) is 8.16. The summed E-state index contributed by atoms with van der Waals surface area (Å²) in [5.74, 6) is 0.775. The third-order valence-electron chi connectivity index (χ3n) is 5.60. The molecule has 1 saturated heterocycles. The number of nitrogens with zero attached hydrogens (tertiary/aromatic N) is 6. The van der Waals surface area contributed by atoms with Gasteiger partial charge in [-0.25, -0.2) is 9.97 Å². The number of pyridine rings is 2. The van der Waals surface area contributed by atoms with E-state index < -0.39 is 0 Å². The van der Waals surface area contributed by atoms with Gasteiger partial charge in [-0.1, -0.05) is 36.4 Å². The summed E-state index contributed by atoms with van der Waals surface area (Å²) in [7, 11) is 0. The van der Waals surface area contributed by atoms with Crippen molar-refractivity contribution >= 4 is 17.2 Å². The second-order valence-corrected chi connectivity index (χ2v) is 7.62. The predicted molar refractivity (Wildman–Crippen MR) is 119 cm³/mol. The average molecular weight is 414 g/mol. The summed E-state index contributed by atoms with van der Waals surface area (Å²) in [6, 6.07) is 18.6. The van der Waals surface area contributed by atoms with Gasteiger partial charge in [-0.15, -0.1) is 0 Å². The fraction of sp³-hybridized carbons (Fsp3) is 0.217. The van der Waals surface area contributed by atoms with Crippen molar-refractivity contribution in [3.05, 3.63) is 88.9 Å². The van der Waals surface area contributed by atoms with Gasteiger partial charge in [0, 0.05) is 56.7 Å². The number of piperazine rings is 1. The third kappa shape index (κ3) is 3.97. The molecule has 31 heavy (non-hydrogen) atoms. The van der Waals surface area contributed by atoms with E-state index >= 15 is 0 Å². The van der Waals surface area contributed by atoms with E-state index in [1.807, 2.05) is 59.1 Å². The Balaban J connectivity index is 1.30. The highest BCUT2D eigenvalue weighted by Gasteiger charge is 2.23. The summed E-state index contributed by atoms with van der Waals surface area (Å²) in [4.78, 5) is 25.1. The van der Waals surface area contributed by atoms with Gasteiger partial charge in [0.2, 0.25) is 0 Å². The van der Waals surface area contributed by atoms with Gasteiger partial charge in [0.05, 0.1) is 10.6 Å². The maximum atomic E-state index is 11.5. The number of anilines is 1. The molecular weight excluding hydrogens is 392 g/mol. The minimum atomic E-state index is -0.369. The van der Waals surface area contributed by atoms with Crippen molar-refractivity contribution in [2.75, 3.05) is 31.1 Å². The molecule has 1 fully saturated rings. The quantitative estimate of drug-likeness (QED) is 0.367. The Morgan fingerprint density at radius 1 is 0.903 bits per heavy atom. The van der Waals surface area contributed by atoms with E-state index in [1.54, 1.807) is 12.1 Å². The highest BCUT2D eigenvalue weighted by atomic mass is 16.6. The molecule has 0 radical (unpaired) electrons. The first-order chi connectivity index (χ1) is 15.2. The Hall–Kier alpha value is -3.78. The number of benzene rings is 1. The molecule has 3 aromatic heterocycles. The minimum Gasteiger partial charge on any atom is -0.354 e. The van der Waals surface area contributed by atoms with Crippen LogP contribution in [0.1, 0.15) is 5.69 Å². The number of rotatable bonds is 5. The summed E-state index contributed by atoms with van der Waals surface area (Å²) < 4.78 is 2.04. The van der Waals surface area contributed by atoms with E-state index in [2.05, 4.69) is 26.0 Å². The van der Waals surface area contributed by atoms with Gasteiger partial charge in [0.1, 0.15) is 11.5 Å². The molecule has 1 aliphatic heterocycles. The standard InChI is InChI=1S/C23H22N6O2/c30-29(31)20-9-10-22(25-23(20)18-6-2-1-3-7-18)27-14-12-26(13-15-27)16-19-17-28-11-5-4-8-21(28)24-19/h1-11,17H,12-16H2. The highest BCUT2D eigenvalue weighted by Crippen LogP contribution is 2.30. The van der Waals surface area contributed by atoms with Crippen molar-refractivity contribution in [1.82, 2.24) is 19.3 Å². The second-order valence-electron chi connectivity index (χ2n) is 7.62. The maximum absolute atomic E-state index is 11.5. The van der Waals surface area contributed by atoms with Crippen LogP contribution >= 0.6 is 0 Å². The SMILES string of the molecule is O=[N+]([O-])c1ccc(N2CCN(Cc3cn4ccccc4n3)CC2)nc1-c1ccccc1. The van der Waals surface area contributed by atoms with Crippen LogP contribution in [0.25, 0.3) is 16.9 Å². The monoisotopic (exact) mass is 414 g/mol. The largest absolute Gasteiger partial charge is 0.354 e. The first-order valence-electron chi connectivity index (χ1n) is 10.3. The predicted octanol–water partition coefficient (Wildman–Crippen LogP) is 3.63. The smallest absolute Gasteiger partial charge is 0.295 e. The molecule has 0 amide bonds. The molecule has 0 bridgehead atoms. The van der Waals surface area contributed by atoms with E-state index in [1.165, 1.54) is 0 Å². The fourth-order valence-corrected chi connectivity index (χ4v) is 4.00. The van der Waals surface area contributed by atoms with Gasteiger partial charge in [-0.05, 0) is 18.2 Å². The lowest BCUT2D eigenvalue weighted by Gasteiger charge is -2.35. The third-order valence-corrected chi connectivity index (χ3v) is 5.60. The van der Waals surface area contributed by atoms with Crippen LogP contribution in [0.15, 0.2) is 73.1 Å². The number of nitro groups is 1. The number of imidazole rings is 1. The fourth-order valence-electron chi connectivity index (χ4n) is 4.00. The summed E-state index contributed by atoms with van der Waals surface area (Å²) in [5, 5.41) is 11.5. The van der Waals surface area contributed by atoms with Gasteiger partial charge in [0.25, 0.3) is 5.69 Å². The molecule has 1 aromatic carbocycles. The number of hydrogen-bond acceptors (Lipinski definition) is 6. The number of aromatic nitrogens is 3. The van der Waals surface area contributed by atoms with Crippen LogP contribution in [0.4, 0.5) is 11.5 Å². The Bertz CT molecular complexity index is 1180. The zero-order chi connectivity index (χ0) is 21.2. The molecule has 0 aliphatic carbocycles. The van der Waals surface area contributed by atoms with E-state index in [4.69, 9.17) is 0 Å². The van der Waals surface area contributed by atoms with E-state index in [9.17, 15) is 10.1 Å². The van der Waals surface area contributed by atoms with Gasteiger partial charge >= 0.3 is 0 Å². The van der Waals surface area contributed by atoms with E-state index in [0.717, 1.165) is 55.4 Å². The normalized spacial score (nSPS) is 14.8. The van der Waals surface area contributed by atoms with Crippen LogP contribution in [-0.2, 0) is 6.54 Å². The molecular formula is C23H22N6O2. The summed E-state index contributed by atoms with van der Waals surface area (Å²) >= 11 is 0. The number of hydrogen-bond donors (Lipinski definition) is 0. The van der Waals surface area contributed by atoms with Crippen LogP contribution in [0.2, 0.25) is 0 Å². The van der Waals surface area contributed by atoms with E-state index in [0.29, 0.717) is 5.69 Å². The topological polar surface area (TPSA) is 79.8 Å². The summed E-state index contributed by atoms with van der Waals surface area (Å²) in [6.07, 6.45) is 4.08. The zero-order valence-electron chi connectivity index (χ0n) is 17.0. The van der Waals surface area contributed by atoms with Gasteiger partial charge in [-0.2, -0.15) is 0 Å². The van der Waals surface area contributed by atoms with Crippen LogP contribution in [0.3, 0.4) is 0 Å². The molecule has 0 N–H and O–H groups in total. The van der Waals surface area contributed by atoms with Crippen molar-refractivity contribution in [2.45, 2.75) is 6.54 Å². The zero-order valence-corrected chi connectivity index (χ0v) is 17.0. The first-order valence-corrected chi connectivity index (χ1v) is 10.3.